The molecule has 5 heteroatoms. The van der Waals surface area contributed by atoms with Crippen LogP contribution in [0, 0.1) is 23.7 Å². The number of nitrogens with one attached hydrogen (secondary N) is 1. The number of fused-ring (bicyclic) bond motifs is 2. The number of piperidine rings is 1. The highest BCUT2D eigenvalue weighted by Crippen LogP contribution is 2.48. The Morgan fingerprint density at radius 3 is 2.32 bits per heavy atom. The van der Waals surface area contributed by atoms with E-state index in [1.54, 1.807) is 0 Å². The molecule has 1 aliphatic heterocycles. The number of alkyl carbamates (subject to hydrolysis) is 1. The number of hydrogen-bond donors (Lipinski definition) is 1. The van der Waals surface area contributed by atoms with Crippen LogP contribution in [0.4, 0.5) is 4.79 Å². The number of carbonyl (C=O) groups is 2. The van der Waals surface area contributed by atoms with Crippen molar-refractivity contribution in [1.82, 2.24) is 10.2 Å². The highest BCUT2D eigenvalue weighted by Gasteiger charge is 2.53. The van der Waals surface area contributed by atoms with Crippen molar-refractivity contribution >= 4 is 12.0 Å². The summed E-state index contributed by atoms with van der Waals surface area (Å²) in [6.45, 7) is 10.6. The van der Waals surface area contributed by atoms with Gasteiger partial charge in [-0.2, -0.15) is 0 Å². The van der Waals surface area contributed by atoms with E-state index in [0.29, 0.717) is 29.8 Å². The predicted molar refractivity (Wildman–Crippen MR) is 85.3 cm³/mol. The van der Waals surface area contributed by atoms with Crippen molar-refractivity contribution in [1.29, 1.82) is 0 Å². The maximum absolute atomic E-state index is 13.1. The number of nitrogens with zero attached hydrogens (tertiary/aromatic N) is 1. The second kappa shape index (κ2) is 6.47. The number of amides is 2. The van der Waals surface area contributed by atoms with Crippen molar-refractivity contribution in [2.24, 2.45) is 23.7 Å². The third kappa shape index (κ3) is 2.95. The number of hydrogen-bond acceptors (Lipinski definition) is 3. The molecule has 1 saturated heterocycles. The summed E-state index contributed by atoms with van der Waals surface area (Å²) in [5.74, 6) is 1.81. The molecule has 5 atom stereocenters. The molecule has 22 heavy (non-hydrogen) atoms. The molecule has 0 aromatic rings. The van der Waals surface area contributed by atoms with Gasteiger partial charge in [0.25, 0.3) is 0 Å². The van der Waals surface area contributed by atoms with Gasteiger partial charge in [-0.1, -0.05) is 34.6 Å². The van der Waals surface area contributed by atoms with Crippen LogP contribution in [0.25, 0.3) is 0 Å². The van der Waals surface area contributed by atoms with Gasteiger partial charge in [0, 0.05) is 12.1 Å². The fourth-order valence-electron chi connectivity index (χ4n) is 4.40. The number of ether oxygens (including phenoxy) is 1. The Morgan fingerprint density at radius 1 is 1.18 bits per heavy atom. The molecule has 0 unspecified atom stereocenters. The summed E-state index contributed by atoms with van der Waals surface area (Å²) in [7, 11) is 1.33. The molecule has 2 fully saturated rings. The van der Waals surface area contributed by atoms with Crippen LogP contribution in [-0.4, -0.2) is 42.1 Å². The van der Waals surface area contributed by atoms with E-state index in [2.05, 4.69) is 35.7 Å². The molecule has 2 rings (SSSR count). The number of methoxy groups -OCH3 is 1. The van der Waals surface area contributed by atoms with E-state index in [1.807, 2.05) is 13.8 Å². The van der Waals surface area contributed by atoms with Gasteiger partial charge in [-0.05, 0) is 36.5 Å². The van der Waals surface area contributed by atoms with Crippen LogP contribution in [-0.2, 0) is 9.53 Å². The Kier molecular flexibility index (Phi) is 5.03. The molecule has 0 aromatic heterocycles. The van der Waals surface area contributed by atoms with E-state index in [9.17, 15) is 9.59 Å². The van der Waals surface area contributed by atoms with Crippen LogP contribution in [0.2, 0.25) is 0 Å². The fraction of sp³-hybridized carbons (Fsp3) is 0.882. The van der Waals surface area contributed by atoms with Crippen molar-refractivity contribution < 1.29 is 14.3 Å². The van der Waals surface area contributed by atoms with Gasteiger partial charge in [-0.15, -0.1) is 0 Å². The summed E-state index contributed by atoms with van der Waals surface area (Å²) in [6.07, 6.45) is 1.66. The van der Waals surface area contributed by atoms with E-state index >= 15 is 0 Å². The number of likely N-dealkylation sites (tertiary alicyclic amines) is 1. The van der Waals surface area contributed by atoms with Crippen LogP contribution >= 0.6 is 0 Å². The third-order valence-electron chi connectivity index (χ3n) is 5.40. The predicted octanol–water partition coefficient (Wildman–Crippen LogP) is 2.65. The molecule has 0 radical (unpaired) electrons. The smallest absolute Gasteiger partial charge is 0.407 e. The summed E-state index contributed by atoms with van der Waals surface area (Å²) in [5.41, 5.74) is 0. The van der Waals surface area contributed by atoms with Crippen LogP contribution < -0.4 is 5.32 Å². The lowest BCUT2D eigenvalue weighted by Gasteiger charge is -2.42. The Bertz CT molecular complexity index is 436. The second-order valence-electron chi connectivity index (χ2n) is 7.60. The highest BCUT2D eigenvalue weighted by molar-refractivity contribution is 5.86. The SMILES string of the molecule is COC(=O)N[C@H](C(=O)N1[C@@H]2C[C@@H]([C@H]1C(C)C)[C@@H](C)C2)C(C)C. The molecule has 2 aliphatic rings. The number of rotatable bonds is 4. The van der Waals surface area contributed by atoms with E-state index in [0.717, 1.165) is 12.8 Å². The molecule has 126 valence electrons. The van der Waals surface area contributed by atoms with Crippen molar-refractivity contribution in [3.63, 3.8) is 0 Å². The first kappa shape index (κ1) is 17.1. The van der Waals surface area contributed by atoms with Gasteiger partial charge in [0.15, 0.2) is 0 Å². The van der Waals surface area contributed by atoms with Gasteiger partial charge in [-0.25, -0.2) is 4.79 Å². The topological polar surface area (TPSA) is 58.6 Å². The van der Waals surface area contributed by atoms with Gasteiger partial charge in [-0.3, -0.25) is 4.79 Å². The Hall–Kier alpha value is -1.26. The summed E-state index contributed by atoms with van der Waals surface area (Å²) >= 11 is 0. The molecule has 2 bridgehead atoms. The van der Waals surface area contributed by atoms with Crippen LogP contribution in [0.15, 0.2) is 0 Å². The summed E-state index contributed by atoms with van der Waals surface area (Å²) < 4.78 is 4.68. The lowest BCUT2D eigenvalue weighted by atomic mass is 9.82. The molecule has 2 amide bonds. The molecular formula is C17H30N2O3. The first-order valence-electron chi connectivity index (χ1n) is 8.44. The second-order valence-corrected chi connectivity index (χ2v) is 7.60. The summed E-state index contributed by atoms with van der Waals surface area (Å²) in [6, 6.07) is 0.117. The zero-order valence-electron chi connectivity index (χ0n) is 14.6. The first-order valence-corrected chi connectivity index (χ1v) is 8.44. The quantitative estimate of drug-likeness (QED) is 0.868. The molecular weight excluding hydrogens is 280 g/mol. The van der Waals surface area contributed by atoms with Gasteiger partial charge < -0.3 is 15.0 Å². The van der Waals surface area contributed by atoms with Crippen LogP contribution in [0.1, 0.15) is 47.5 Å². The van der Waals surface area contributed by atoms with E-state index in [1.165, 1.54) is 7.11 Å². The minimum absolute atomic E-state index is 0.0379. The normalized spacial score (nSPS) is 31.7. The van der Waals surface area contributed by atoms with E-state index in [-0.39, 0.29) is 11.8 Å². The van der Waals surface area contributed by atoms with Crippen molar-refractivity contribution in [3.8, 4) is 0 Å². The van der Waals surface area contributed by atoms with Crippen LogP contribution in [0.3, 0.4) is 0 Å². The van der Waals surface area contributed by atoms with Crippen molar-refractivity contribution in [2.75, 3.05) is 7.11 Å². The molecule has 0 aromatic carbocycles. The summed E-state index contributed by atoms with van der Waals surface area (Å²) in [4.78, 5) is 26.8. The zero-order valence-corrected chi connectivity index (χ0v) is 14.6. The minimum atomic E-state index is -0.536. The van der Waals surface area contributed by atoms with Crippen LogP contribution in [0.5, 0.6) is 0 Å². The molecule has 1 heterocycles. The van der Waals surface area contributed by atoms with Gasteiger partial charge in [0.05, 0.1) is 7.11 Å². The molecule has 1 saturated carbocycles. The monoisotopic (exact) mass is 310 g/mol. The van der Waals surface area contributed by atoms with Gasteiger partial charge in [0.1, 0.15) is 6.04 Å². The minimum Gasteiger partial charge on any atom is -0.453 e. The molecule has 1 N–H and O–H groups in total. The van der Waals surface area contributed by atoms with E-state index < -0.39 is 12.1 Å². The largest absolute Gasteiger partial charge is 0.453 e. The lowest BCUT2D eigenvalue weighted by Crippen LogP contribution is -2.57. The lowest BCUT2D eigenvalue weighted by molar-refractivity contribution is -0.140. The number of carbonyl (C=O) groups excluding carboxylic acids is 2. The fourth-order valence-corrected chi connectivity index (χ4v) is 4.40. The Labute approximate surface area is 133 Å². The van der Waals surface area contributed by atoms with Crippen molar-refractivity contribution in [2.45, 2.75) is 65.6 Å². The first-order chi connectivity index (χ1) is 10.3. The van der Waals surface area contributed by atoms with Crippen molar-refractivity contribution in [3.05, 3.63) is 0 Å². The Morgan fingerprint density at radius 2 is 1.82 bits per heavy atom. The third-order valence-corrected chi connectivity index (χ3v) is 5.40. The molecule has 0 spiro atoms. The van der Waals surface area contributed by atoms with E-state index in [4.69, 9.17) is 0 Å². The maximum Gasteiger partial charge on any atom is 0.407 e. The average molecular weight is 310 g/mol. The zero-order chi connectivity index (χ0) is 16.6. The summed E-state index contributed by atoms with van der Waals surface area (Å²) in [5, 5.41) is 2.72. The molecule has 1 aliphatic carbocycles. The van der Waals surface area contributed by atoms with Gasteiger partial charge in [0.2, 0.25) is 5.91 Å². The highest BCUT2D eigenvalue weighted by atomic mass is 16.5. The Balaban J connectivity index is 2.20. The standard InChI is InChI=1S/C17H30N2O3/c1-9(2)14(18-17(21)22-6)16(20)19-12-7-11(5)13(8-12)15(19)10(3)4/h9-15H,7-8H2,1-6H3,(H,18,21)/t11-,12-,13+,14-,15+/m0/s1. The van der Waals surface area contributed by atoms with Gasteiger partial charge >= 0.3 is 6.09 Å². The maximum atomic E-state index is 13.1. The average Bonchev–Trinajstić information content (AvgIpc) is 2.99. The molecule has 5 nitrogen and oxygen atoms in total.